The zero-order chi connectivity index (χ0) is 27.4. The van der Waals surface area contributed by atoms with Crippen LogP contribution in [-0.4, -0.2) is 95.4 Å². The van der Waals surface area contributed by atoms with Gasteiger partial charge in [-0.3, -0.25) is 0 Å². The molecule has 0 aromatic heterocycles. The van der Waals surface area contributed by atoms with E-state index in [0.29, 0.717) is 19.4 Å². The summed E-state index contributed by atoms with van der Waals surface area (Å²) < 4.78 is 36.7. The highest BCUT2D eigenvalue weighted by Crippen LogP contribution is 2.72. The number of epoxide rings is 2. The summed E-state index contributed by atoms with van der Waals surface area (Å²) in [6.07, 6.45) is 5.66. The molecule has 0 radical (unpaired) electrons. The van der Waals surface area contributed by atoms with Gasteiger partial charge in [0.1, 0.15) is 35.6 Å². The van der Waals surface area contributed by atoms with Crippen molar-refractivity contribution in [1.29, 1.82) is 0 Å². The molecule has 7 aliphatic rings. The van der Waals surface area contributed by atoms with E-state index in [-0.39, 0.29) is 31.8 Å². The number of hydrogen-bond acceptors (Lipinski definition) is 10. The number of allylic oxidation sites excluding steroid dienone is 3. The van der Waals surface area contributed by atoms with Crippen molar-refractivity contribution in [3.05, 3.63) is 36.0 Å². The van der Waals surface area contributed by atoms with Crippen LogP contribution in [0.1, 0.15) is 46.5 Å². The minimum Gasteiger partial charge on any atom is -0.463 e. The van der Waals surface area contributed by atoms with Crippen LogP contribution in [0.4, 0.5) is 0 Å². The van der Waals surface area contributed by atoms with Gasteiger partial charge in [-0.1, -0.05) is 30.7 Å². The third kappa shape index (κ3) is 3.18. The van der Waals surface area contributed by atoms with Crippen molar-refractivity contribution in [2.75, 3.05) is 19.8 Å². The number of carbonyl (C=O) groups is 2. The first-order chi connectivity index (χ1) is 18.5. The van der Waals surface area contributed by atoms with Gasteiger partial charge in [0.05, 0.1) is 36.9 Å². The molecular formula is C29H36O10. The number of hydrogen-bond donors (Lipinski definition) is 2. The number of aliphatic hydroxyl groups is 2. The molecule has 2 unspecified atom stereocenters. The lowest BCUT2D eigenvalue weighted by molar-refractivity contribution is -0.233. The van der Waals surface area contributed by atoms with E-state index in [1.165, 1.54) is 36.8 Å². The van der Waals surface area contributed by atoms with Crippen LogP contribution in [0, 0.1) is 10.8 Å². The van der Waals surface area contributed by atoms with Crippen LogP contribution >= 0.6 is 0 Å². The zero-order valence-electron chi connectivity index (χ0n) is 22.5. The molecule has 4 saturated heterocycles. The standard InChI is InChI=1S/C29H36O10/c1-16-7-9-26-14-34-23(32)22-28(39-22)10-11-35-27(17(2)30,24(28)33)8-5-4-6-21(31)38-18-13-20(37-19(26)12-16)29(15-36-29)25(18,26)3/h4-6,8,12,17-20,22,24,30,33H,7,9-11,13-15H2,1-3H3/b6-4-,8-5+/t17?,18-,19-,20-,22?,24+,25-,26-,27-,28+,29+/m1/s1. The van der Waals surface area contributed by atoms with Crippen LogP contribution < -0.4 is 0 Å². The van der Waals surface area contributed by atoms with E-state index in [0.717, 1.165) is 6.42 Å². The Bertz CT molecular complexity index is 1190. The summed E-state index contributed by atoms with van der Waals surface area (Å²) in [7, 11) is 0. The van der Waals surface area contributed by atoms with Gasteiger partial charge in [0, 0.05) is 24.3 Å². The van der Waals surface area contributed by atoms with E-state index < -0.39 is 64.0 Å². The molecule has 2 aliphatic carbocycles. The van der Waals surface area contributed by atoms with Crippen molar-refractivity contribution in [2.45, 2.75) is 99.9 Å². The summed E-state index contributed by atoms with van der Waals surface area (Å²) >= 11 is 0. The largest absolute Gasteiger partial charge is 0.463 e. The zero-order valence-corrected chi connectivity index (χ0v) is 22.5. The average Bonchev–Trinajstić information content (AvgIpc) is 3.81. The maximum Gasteiger partial charge on any atom is 0.338 e. The molecule has 212 valence electrons. The third-order valence-corrected chi connectivity index (χ3v) is 11.0. The molecular weight excluding hydrogens is 508 g/mol. The van der Waals surface area contributed by atoms with Gasteiger partial charge in [-0.25, -0.2) is 9.59 Å². The normalized spacial score (nSPS) is 54.4. The molecule has 5 fully saturated rings. The SMILES string of the molecule is CC1=C[C@H]2O[C@@H]3C[C@H]4OC(=O)/C=C\C=C\[C@]5(C(C)O)OCC[C@@]6(OC6C(=O)OC[C@@]2(CC1)[C@]4(C)[C@]31CO1)[C@H]5O. The summed E-state index contributed by atoms with van der Waals surface area (Å²) in [5.74, 6) is -1.10. The topological polar surface area (TPSA) is 137 Å². The minimum absolute atomic E-state index is 0.0302. The number of carbonyl (C=O) groups excluding carboxylic acids is 2. The average molecular weight is 545 g/mol. The lowest BCUT2D eigenvalue weighted by atomic mass is 9.51. The maximum absolute atomic E-state index is 13.5. The van der Waals surface area contributed by atoms with Crippen LogP contribution in [0.25, 0.3) is 0 Å². The number of aliphatic hydroxyl groups excluding tert-OH is 2. The highest BCUT2D eigenvalue weighted by molar-refractivity contribution is 5.82. The molecule has 10 heteroatoms. The fourth-order valence-corrected chi connectivity index (χ4v) is 8.37. The van der Waals surface area contributed by atoms with Crippen LogP contribution in [0.2, 0.25) is 0 Å². The number of fused-ring (bicyclic) bond motifs is 1. The molecule has 2 N–H and O–H groups in total. The monoisotopic (exact) mass is 544 g/mol. The highest BCUT2D eigenvalue weighted by atomic mass is 16.7. The van der Waals surface area contributed by atoms with E-state index in [1.807, 2.05) is 0 Å². The third-order valence-electron chi connectivity index (χ3n) is 11.0. The predicted molar refractivity (Wildman–Crippen MR) is 133 cm³/mol. The number of ether oxygens (including phenoxy) is 6. The molecule has 0 aromatic carbocycles. The molecule has 5 heterocycles. The molecule has 1 saturated carbocycles. The lowest BCUT2D eigenvalue weighted by Gasteiger charge is -2.58. The number of esters is 2. The fourth-order valence-electron chi connectivity index (χ4n) is 8.37. The molecule has 7 rings (SSSR count). The van der Waals surface area contributed by atoms with E-state index in [1.54, 1.807) is 0 Å². The highest BCUT2D eigenvalue weighted by Gasteiger charge is 2.83. The van der Waals surface area contributed by atoms with Crippen molar-refractivity contribution < 1.29 is 48.2 Å². The smallest absolute Gasteiger partial charge is 0.338 e. The second-order valence-corrected chi connectivity index (χ2v) is 12.6. The van der Waals surface area contributed by atoms with Gasteiger partial charge in [0.25, 0.3) is 0 Å². The number of cyclic esters (lactones) is 1. The van der Waals surface area contributed by atoms with Crippen molar-refractivity contribution in [2.24, 2.45) is 10.8 Å². The van der Waals surface area contributed by atoms with Crippen LogP contribution in [0.3, 0.4) is 0 Å². The van der Waals surface area contributed by atoms with Gasteiger partial charge < -0.3 is 38.6 Å². The summed E-state index contributed by atoms with van der Waals surface area (Å²) in [6.45, 7) is 6.35. The first-order valence-corrected chi connectivity index (χ1v) is 13.9. The Balaban J connectivity index is 1.31. The first-order valence-electron chi connectivity index (χ1n) is 13.9. The summed E-state index contributed by atoms with van der Waals surface area (Å²) in [5, 5.41) is 22.1. The van der Waals surface area contributed by atoms with E-state index in [2.05, 4.69) is 19.9 Å². The van der Waals surface area contributed by atoms with Gasteiger partial charge in [-0.05, 0) is 32.8 Å². The Kier molecular flexibility index (Phi) is 5.46. The summed E-state index contributed by atoms with van der Waals surface area (Å²) in [6, 6.07) is 0. The molecule has 5 aliphatic heterocycles. The molecule has 39 heavy (non-hydrogen) atoms. The Morgan fingerprint density at radius 1 is 1.10 bits per heavy atom. The van der Waals surface area contributed by atoms with E-state index in [9.17, 15) is 19.8 Å². The quantitative estimate of drug-likeness (QED) is 0.282. The minimum atomic E-state index is -1.53. The Morgan fingerprint density at radius 3 is 2.64 bits per heavy atom. The van der Waals surface area contributed by atoms with Crippen molar-refractivity contribution >= 4 is 11.9 Å². The second kappa shape index (κ2) is 8.24. The van der Waals surface area contributed by atoms with Crippen LogP contribution in [0.15, 0.2) is 36.0 Å². The Labute approximate surface area is 226 Å². The van der Waals surface area contributed by atoms with Gasteiger partial charge in [0.2, 0.25) is 0 Å². The number of rotatable bonds is 1. The predicted octanol–water partition coefficient (Wildman–Crippen LogP) is 1.28. The Hall–Kier alpha value is -2.08. The summed E-state index contributed by atoms with van der Waals surface area (Å²) in [5.41, 5.74) is -3.53. The van der Waals surface area contributed by atoms with Crippen molar-refractivity contribution in [3.63, 3.8) is 0 Å². The lowest BCUT2D eigenvalue weighted by Crippen LogP contribution is -2.67. The van der Waals surface area contributed by atoms with Gasteiger partial charge >= 0.3 is 11.9 Å². The Morgan fingerprint density at radius 2 is 1.90 bits per heavy atom. The van der Waals surface area contributed by atoms with Gasteiger partial charge in [-0.2, -0.15) is 0 Å². The molecule has 3 spiro atoms. The molecule has 4 bridgehead atoms. The molecule has 0 amide bonds. The summed E-state index contributed by atoms with van der Waals surface area (Å²) in [4.78, 5) is 26.6. The fraction of sp³-hybridized carbons (Fsp3) is 0.724. The van der Waals surface area contributed by atoms with Crippen LogP contribution in [0.5, 0.6) is 0 Å². The maximum atomic E-state index is 13.5. The van der Waals surface area contributed by atoms with Gasteiger partial charge in [0.15, 0.2) is 6.10 Å². The van der Waals surface area contributed by atoms with E-state index in [4.69, 9.17) is 28.4 Å². The first kappa shape index (κ1) is 25.9. The molecule has 11 atom stereocenters. The molecule has 10 nitrogen and oxygen atoms in total. The molecule has 0 aromatic rings. The van der Waals surface area contributed by atoms with Gasteiger partial charge in [-0.15, -0.1) is 0 Å². The van der Waals surface area contributed by atoms with Crippen LogP contribution in [-0.2, 0) is 38.0 Å². The van der Waals surface area contributed by atoms with Crippen molar-refractivity contribution in [3.8, 4) is 0 Å². The van der Waals surface area contributed by atoms with Crippen molar-refractivity contribution in [1.82, 2.24) is 0 Å². The second-order valence-electron chi connectivity index (χ2n) is 12.6. The van der Waals surface area contributed by atoms with E-state index >= 15 is 0 Å².